The van der Waals surface area contributed by atoms with E-state index in [1.165, 1.54) is 56.9 Å². The van der Waals surface area contributed by atoms with Crippen LogP contribution in [0.4, 0.5) is 0 Å². The molecule has 0 aromatic carbocycles. The van der Waals surface area contributed by atoms with E-state index in [0.717, 1.165) is 108 Å². The number of hydrogen-bond acceptors (Lipinski definition) is 8. The minimum Gasteiger partial charge on any atom is -0.393 e. The van der Waals surface area contributed by atoms with E-state index in [-0.39, 0.29) is 64.1 Å². The molecule has 8 nitrogen and oxygen atoms in total. The molecule has 6 N–H and O–H groups in total. The maximum Gasteiger partial charge on any atom is 0.162 e. The Labute approximate surface area is 369 Å². The van der Waals surface area contributed by atoms with Crippen LogP contribution in [0.3, 0.4) is 0 Å². The first kappa shape index (κ1) is 44.0. The van der Waals surface area contributed by atoms with Gasteiger partial charge in [-0.1, -0.05) is 86.0 Å². The Morgan fingerprint density at radius 1 is 0.885 bits per heavy atom. The molecule has 5 saturated carbocycles. The summed E-state index contributed by atoms with van der Waals surface area (Å²) in [6.45, 7) is 15.5. The highest BCUT2D eigenvalue weighted by molar-refractivity contribution is 6.00. The van der Waals surface area contributed by atoms with E-state index in [4.69, 9.17) is 15.2 Å². The van der Waals surface area contributed by atoms with Gasteiger partial charge in [0.1, 0.15) is 17.8 Å². The van der Waals surface area contributed by atoms with Gasteiger partial charge < -0.3 is 35.8 Å². The molecule has 0 aromatic heterocycles. The summed E-state index contributed by atoms with van der Waals surface area (Å²) in [6.07, 6.45) is 23.5. The highest BCUT2D eigenvalue weighted by atomic mass is 16.6. The number of ether oxygens (including phenoxy) is 2. The van der Waals surface area contributed by atoms with Gasteiger partial charge in [0.05, 0.1) is 23.5 Å². The second kappa shape index (κ2) is 15.3. The van der Waals surface area contributed by atoms with Crippen LogP contribution < -0.4 is 11.1 Å². The average molecular weight is 847 g/mol. The van der Waals surface area contributed by atoms with E-state index in [1.54, 1.807) is 0 Å². The van der Waals surface area contributed by atoms with Crippen LogP contribution in [0.1, 0.15) is 189 Å². The zero-order valence-corrected chi connectivity index (χ0v) is 39.2. The summed E-state index contributed by atoms with van der Waals surface area (Å²) < 4.78 is 14.4. The van der Waals surface area contributed by atoms with Crippen molar-refractivity contribution in [1.82, 2.24) is 5.32 Å². The smallest absolute Gasteiger partial charge is 0.162 e. The molecular formula is C53H86N2O6. The molecule has 0 radical (unpaired) electrons. The Balaban J connectivity index is 1.04. The SMILES string of the molecule is CC1CCOC(C2OC2C(C)(O)C(C)(C)CCC2CCNC(N)C2)(C2CC3CCC4=C5C(C(CCC6CCCCC6)CC2(C)C53O)C2(C)C(CC(O)CC23CCCC3)C4=O)C1. The standard InChI is InChI=1S/C53H86N2O6/c1-32-20-25-60-52(29-32,46-45(61-46)50(6,58)47(2,3)23-18-34-19-24-55-41(54)26-34)40-27-36-16-17-38-43-42(49(5)39(44(38)57)28-37(56)31-51(49)21-10-11-22-51)35(30-48(40,4)53(36,43)59)15-14-33-12-8-7-9-13-33/h32-37,39-42,45-46,55-56,58-59H,7-31,54H2,1-6H3. The van der Waals surface area contributed by atoms with E-state index in [1.807, 2.05) is 6.92 Å². The summed E-state index contributed by atoms with van der Waals surface area (Å²) in [6, 6.07) is 0. The summed E-state index contributed by atoms with van der Waals surface area (Å²) in [4.78, 5) is 15.4. The van der Waals surface area contributed by atoms with Crippen molar-refractivity contribution in [2.24, 2.45) is 74.7 Å². The molecule has 0 bridgehead atoms. The first-order chi connectivity index (χ1) is 28.9. The van der Waals surface area contributed by atoms with Crippen molar-refractivity contribution in [3.05, 3.63) is 11.1 Å². The number of allylic oxidation sites excluding steroid dienone is 1. The Kier molecular flexibility index (Phi) is 11.1. The highest BCUT2D eigenvalue weighted by Gasteiger charge is 2.80. The molecule has 0 aromatic rings. The monoisotopic (exact) mass is 847 g/mol. The molecule has 61 heavy (non-hydrogen) atoms. The van der Waals surface area contributed by atoms with Crippen molar-refractivity contribution in [3.8, 4) is 0 Å². The summed E-state index contributed by atoms with van der Waals surface area (Å²) in [7, 11) is 0. The molecule has 7 aliphatic carbocycles. The molecule has 3 heterocycles. The zero-order valence-electron chi connectivity index (χ0n) is 39.2. The third-order valence-electron chi connectivity index (χ3n) is 22.0. The van der Waals surface area contributed by atoms with Crippen molar-refractivity contribution in [2.75, 3.05) is 13.2 Å². The number of hydrogen-bond donors (Lipinski definition) is 5. The molecule has 16 atom stereocenters. The summed E-state index contributed by atoms with van der Waals surface area (Å²) in [5.74, 6) is 2.53. The Hall–Kier alpha value is -0.870. The summed E-state index contributed by atoms with van der Waals surface area (Å²) in [5, 5.41) is 42.1. The Morgan fingerprint density at radius 3 is 2.36 bits per heavy atom. The van der Waals surface area contributed by atoms with Gasteiger partial charge in [-0.2, -0.15) is 0 Å². The van der Waals surface area contributed by atoms with Gasteiger partial charge in [0.25, 0.3) is 0 Å². The number of epoxide rings is 1. The maximum absolute atomic E-state index is 15.4. The van der Waals surface area contributed by atoms with E-state index in [0.29, 0.717) is 30.8 Å². The third kappa shape index (κ3) is 6.44. The number of nitrogens with two attached hydrogens (primary N) is 1. The lowest BCUT2D eigenvalue weighted by molar-refractivity contribution is -0.218. The maximum atomic E-state index is 15.4. The number of rotatable bonds is 10. The van der Waals surface area contributed by atoms with Crippen molar-refractivity contribution < 1.29 is 29.6 Å². The van der Waals surface area contributed by atoms with Gasteiger partial charge in [0, 0.05) is 17.9 Å². The number of aliphatic hydroxyl groups excluding tert-OH is 1. The number of aliphatic hydroxyl groups is 3. The fourth-order valence-corrected chi connectivity index (χ4v) is 18.4. The van der Waals surface area contributed by atoms with Gasteiger partial charge in [0.2, 0.25) is 0 Å². The van der Waals surface area contributed by atoms with Crippen molar-refractivity contribution in [3.63, 3.8) is 0 Å². The minimum absolute atomic E-state index is 0.0436. The van der Waals surface area contributed by atoms with Gasteiger partial charge in [-0.15, -0.1) is 0 Å². The average Bonchev–Trinajstić information content (AvgIpc) is 3.86. The van der Waals surface area contributed by atoms with Crippen LogP contribution in [0.2, 0.25) is 0 Å². The number of piperidine rings is 1. The quantitative estimate of drug-likeness (QED) is 0.137. The molecule has 3 saturated heterocycles. The number of ketones is 1. The van der Waals surface area contributed by atoms with Crippen LogP contribution in [-0.2, 0) is 14.3 Å². The molecule has 8 heteroatoms. The van der Waals surface area contributed by atoms with Gasteiger partial charge >= 0.3 is 0 Å². The first-order valence-electron chi connectivity index (χ1n) is 26.1. The fourth-order valence-electron chi connectivity index (χ4n) is 18.4. The van der Waals surface area contributed by atoms with Crippen molar-refractivity contribution in [2.45, 2.75) is 231 Å². The molecule has 16 unspecified atom stereocenters. The van der Waals surface area contributed by atoms with Gasteiger partial charge in [0.15, 0.2) is 5.78 Å². The lowest BCUT2D eigenvalue weighted by Crippen LogP contribution is -2.70. The van der Waals surface area contributed by atoms with E-state index < -0.39 is 28.3 Å². The van der Waals surface area contributed by atoms with Crippen LogP contribution in [-0.4, -0.2) is 75.5 Å². The normalized spacial score (nSPS) is 49.4. The molecule has 8 fully saturated rings. The summed E-state index contributed by atoms with van der Waals surface area (Å²) in [5.41, 5.74) is 4.46. The van der Waals surface area contributed by atoms with E-state index in [9.17, 15) is 15.3 Å². The lowest BCUT2D eigenvalue weighted by atomic mass is 9.35. The van der Waals surface area contributed by atoms with Crippen LogP contribution in [0.25, 0.3) is 0 Å². The first-order valence-corrected chi connectivity index (χ1v) is 26.1. The number of carbonyl (C=O) groups is 1. The molecular weight excluding hydrogens is 761 g/mol. The largest absolute Gasteiger partial charge is 0.393 e. The van der Waals surface area contributed by atoms with Gasteiger partial charge in [-0.05, 0) is 179 Å². The molecule has 1 spiro atoms. The molecule has 10 aliphatic rings. The molecule has 344 valence electrons. The topological polar surface area (TPSA) is 138 Å². The second-order valence-electron chi connectivity index (χ2n) is 25.3. The number of carbonyl (C=O) groups excluding carboxylic acids is 1. The van der Waals surface area contributed by atoms with Crippen LogP contribution in [0.15, 0.2) is 11.1 Å². The lowest BCUT2D eigenvalue weighted by Gasteiger charge is -2.69. The Bertz CT molecular complexity index is 1710. The minimum atomic E-state index is -1.09. The van der Waals surface area contributed by atoms with Crippen molar-refractivity contribution in [1.29, 1.82) is 0 Å². The second-order valence-corrected chi connectivity index (χ2v) is 25.3. The van der Waals surface area contributed by atoms with Crippen LogP contribution in [0, 0.1) is 69.0 Å². The van der Waals surface area contributed by atoms with E-state index >= 15 is 4.79 Å². The Morgan fingerprint density at radius 2 is 1.64 bits per heavy atom. The highest BCUT2D eigenvalue weighted by Crippen LogP contribution is 2.79. The van der Waals surface area contributed by atoms with Gasteiger partial charge in [-0.3, -0.25) is 4.79 Å². The predicted octanol–water partition coefficient (Wildman–Crippen LogP) is 9.16. The zero-order chi connectivity index (χ0) is 43.0. The number of nitrogens with one attached hydrogen (secondary N) is 1. The summed E-state index contributed by atoms with van der Waals surface area (Å²) >= 11 is 0. The number of fused-ring (bicyclic) bond motifs is 3. The van der Waals surface area contributed by atoms with Gasteiger partial charge in [-0.25, -0.2) is 0 Å². The molecule has 3 aliphatic heterocycles. The number of Topliss-reactive ketones (excluding diaryl/α,β-unsaturated/α-hetero) is 1. The van der Waals surface area contributed by atoms with Crippen LogP contribution >= 0.6 is 0 Å². The van der Waals surface area contributed by atoms with E-state index in [2.05, 4.69) is 39.9 Å². The molecule has 10 rings (SSSR count). The van der Waals surface area contributed by atoms with Crippen molar-refractivity contribution >= 4 is 5.78 Å². The predicted molar refractivity (Wildman–Crippen MR) is 239 cm³/mol. The third-order valence-corrected chi connectivity index (χ3v) is 22.0. The fraction of sp³-hybridized carbons (Fsp3) is 0.943. The molecule has 0 amide bonds. The van der Waals surface area contributed by atoms with Crippen LogP contribution in [0.5, 0.6) is 0 Å².